The van der Waals surface area contributed by atoms with Crippen molar-refractivity contribution >= 4 is 23.5 Å². The second-order valence-corrected chi connectivity index (χ2v) is 8.45. The monoisotopic (exact) mass is 299 g/mol. The van der Waals surface area contributed by atoms with E-state index < -0.39 is 0 Å². The van der Waals surface area contributed by atoms with Gasteiger partial charge in [-0.05, 0) is 31.0 Å². The highest BCUT2D eigenvalue weighted by Crippen LogP contribution is 2.41. The lowest BCUT2D eigenvalue weighted by atomic mass is 9.97. The molecule has 4 heteroatoms. The van der Waals surface area contributed by atoms with Crippen molar-refractivity contribution < 1.29 is 4.39 Å². The molecule has 1 aromatic rings. The zero-order valence-corrected chi connectivity index (χ0v) is 13.6. The second kappa shape index (κ2) is 6.06. The van der Waals surface area contributed by atoms with Crippen LogP contribution in [-0.4, -0.2) is 21.5 Å². The summed E-state index contributed by atoms with van der Waals surface area (Å²) in [6.45, 7) is 8.36. The van der Waals surface area contributed by atoms with Crippen LogP contribution in [0.4, 0.5) is 4.39 Å². The standard InChI is InChI=1S/C15H22FNS2/c1-8-5-9(2)14(12(16)6-8)15(17)13-7-18-10(3)11(4)19-13/h5-6,10-11,13,15H,7,17H2,1-4H3. The molecule has 1 saturated heterocycles. The molecule has 106 valence electrons. The number of halogens is 1. The first-order valence-corrected chi connectivity index (χ1v) is 8.68. The zero-order valence-electron chi connectivity index (χ0n) is 11.9. The molecule has 1 aliphatic heterocycles. The number of nitrogens with two attached hydrogens (primary N) is 1. The Morgan fingerprint density at radius 1 is 1.26 bits per heavy atom. The van der Waals surface area contributed by atoms with Gasteiger partial charge in [0.15, 0.2) is 0 Å². The van der Waals surface area contributed by atoms with Crippen LogP contribution >= 0.6 is 23.5 Å². The Morgan fingerprint density at radius 3 is 2.53 bits per heavy atom. The van der Waals surface area contributed by atoms with E-state index in [0.717, 1.165) is 16.9 Å². The molecular weight excluding hydrogens is 277 g/mol. The maximum absolute atomic E-state index is 14.2. The summed E-state index contributed by atoms with van der Waals surface area (Å²) in [6, 6.07) is 3.40. The number of hydrogen-bond acceptors (Lipinski definition) is 3. The van der Waals surface area contributed by atoms with E-state index in [0.29, 0.717) is 21.3 Å². The van der Waals surface area contributed by atoms with Crippen molar-refractivity contribution in [1.29, 1.82) is 0 Å². The molecule has 0 radical (unpaired) electrons. The third-order valence-electron chi connectivity index (χ3n) is 3.79. The molecule has 2 N–H and O–H groups in total. The summed E-state index contributed by atoms with van der Waals surface area (Å²) in [5, 5.41) is 1.52. The van der Waals surface area contributed by atoms with Gasteiger partial charge in [-0.1, -0.05) is 19.9 Å². The quantitative estimate of drug-likeness (QED) is 0.891. The van der Waals surface area contributed by atoms with Gasteiger partial charge in [-0.25, -0.2) is 4.39 Å². The third kappa shape index (κ3) is 3.29. The normalized spacial score (nSPS) is 29.3. The fourth-order valence-corrected chi connectivity index (χ4v) is 5.56. The van der Waals surface area contributed by atoms with Crippen LogP contribution in [0.1, 0.15) is 36.6 Å². The summed E-state index contributed by atoms with van der Waals surface area (Å²) in [5.74, 6) is 0.853. The van der Waals surface area contributed by atoms with Gasteiger partial charge in [0.25, 0.3) is 0 Å². The summed E-state index contributed by atoms with van der Waals surface area (Å²) in [6.07, 6.45) is 0. The number of rotatable bonds is 2. The largest absolute Gasteiger partial charge is 0.323 e. The molecule has 0 aromatic heterocycles. The Kier molecular flexibility index (Phi) is 4.85. The summed E-state index contributed by atoms with van der Waals surface area (Å²) < 4.78 is 14.2. The number of aryl methyl sites for hydroxylation is 2. The number of hydrogen-bond donors (Lipinski definition) is 1. The van der Waals surface area contributed by atoms with Crippen molar-refractivity contribution in [2.45, 2.75) is 49.5 Å². The lowest BCUT2D eigenvalue weighted by Gasteiger charge is -2.35. The molecular formula is C15H22FNS2. The first kappa shape index (κ1) is 15.2. The smallest absolute Gasteiger partial charge is 0.128 e. The minimum Gasteiger partial charge on any atom is -0.323 e. The maximum Gasteiger partial charge on any atom is 0.128 e. The maximum atomic E-state index is 14.2. The van der Waals surface area contributed by atoms with Gasteiger partial charge in [-0.3, -0.25) is 0 Å². The summed E-state index contributed by atoms with van der Waals surface area (Å²) in [4.78, 5) is 0. The van der Waals surface area contributed by atoms with Crippen molar-refractivity contribution in [3.63, 3.8) is 0 Å². The van der Waals surface area contributed by atoms with E-state index in [1.165, 1.54) is 0 Å². The lowest BCUT2D eigenvalue weighted by Crippen LogP contribution is -2.35. The van der Waals surface area contributed by atoms with E-state index in [9.17, 15) is 4.39 Å². The van der Waals surface area contributed by atoms with Crippen molar-refractivity contribution in [3.05, 3.63) is 34.6 Å². The van der Waals surface area contributed by atoms with Crippen LogP contribution in [-0.2, 0) is 0 Å². The van der Waals surface area contributed by atoms with E-state index in [1.54, 1.807) is 6.07 Å². The van der Waals surface area contributed by atoms with E-state index in [2.05, 4.69) is 13.8 Å². The predicted octanol–water partition coefficient (Wildman–Crippen LogP) is 4.07. The molecule has 1 aromatic carbocycles. The van der Waals surface area contributed by atoms with Crippen molar-refractivity contribution in [2.24, 2.45) is 5.73 Å². The zero-order chi connectivity index (χ0) is 14.2. The Balaban J connectivity index is 2.23. The molecule has 1 aliphatic rings. The number of benzene rings is 1. The van der Waals surface area contributed by atoms with Crippen molar-refractivity contribution in [1.82, 2.24) is 0 Å². The molecule has 0 spiro atoms. The van der Waals surface area contributed by atoms with Gasteiger partial charge in [0.1, 0.15) is 5.82 Å². The van der Waals surface area contributed by atoms with Gasteiger partial charge in [-0.15, -0.1) is 0 Å². The lowest BCUT2D eigenvalue weighted by molar-refractivity contribution is 0.575. The van der Waals surface area contributed by atoms with Gasteiger partial charge >= 0.3 is 0 Å². The Hall–Kier alpha value is -0.190. The molecule has 0 amide bonds. The van der Waals surface area contributed by atoms with Crippen LogP contribution < -0.4 is 5.73 Å². The third-order valence-corrected chi connectivity index (χ3v) is 7.30. The van der Waals surface area contributed by atoms with Crippen LogP contribution in [0.5, 0.6) is 0 Å². The number of thioether (sulfide) groups is 2. The molecule has 4 atom stereocenters. The average Bonchev–Trinajstić information content (AvgIpc) is 2.31. The van der Waals surface area contributed by atoms with E-state index in [-0.39, 0.29) is 11.9 Å². The van der Waals surface area contributed by atoms with Crippen LogP contribution in [0, 0.1) is 19.7 Å². The Bertz CT molecular complexity index is 440. The Labute approximate surface area is 123 Å². The fraction of sp³-hybridized carbons (Fsp3) is 0.600. The van der Waals surface area contributed by atoms with Gasteiger partial charge in [0, 0.05) is 33.1 Å². The molecule has 2 rings (SSSR count). The molecule has 0 aliphatic carbocycles. The topological polar surface area (TPSA) is 26.0 Å². The molecule has 1 nitrogen and oxygen atoms in total. The summed E-state index contributed by atoms with van der Waals surface area (Å²) >= 11 is 3.86. The van der Waals surface area contributed by atoms with Gasteiger partial charge in [0.2, 0.25) is 0 Å². The molecule has 0 bridgehead atoms. The first-order chi connectivity index (χ1) is 8.90. The van der Waals surface area contributed by atoms with Crippen molar-refractivity contribution in [3.8, 4) is 0 Å². The first-order valence-electron chi connectivity index (χ1n) is 6.69. The van der Waals surface area contributed by atoms with Crippen LogP contribution in [0.15, 0.2) is 12.1 Å². The van der Waals surface area contributed by atoms with E-state index >= 15 is 0 Å². The minimum atomic E-state index is -0.215. The molecule has 1 fully saturated rings. The summed E-state index contributed by atoms with van der Waals surface area (Å²) in [5.41, 5.74) is 8.99. The average molecular weight is 299 g/mol. The van der Waals surface area contributed by atoms with Crippen LogP contribution in [0.25, 0.3) is 0 Å². The molecule has 4 unspecified atom stereocenters. The fourth-order valence-electron chi connectivity index (χ4n) is 2.53. The van der Waals surface area contributed by atoms with Gasteiger partial charge < -0.3 is 5.73 Å². The molecule has 0 saturated carbocycles. The Morgan fingerprint density at radius 2 is 1.95 bits per heavy atom. The summed E-state index contributed by atoms with van der Waals surface area (Å²) in [7, 11) is 0. The highest BCUT2D eigenvalue weighted by molar-refractivity contribution is 8.07. The van der Waals surface area contributed by atoms with E-state index in [1.807, 2.05) is 43.4 Å². The van der Waals surface area contributed by atoms with Crippen LogP contribution in [0.2, 0.25) is 0 Å². The SMILES string of the molecule is Cc1cc(C)c(C(N)C2CSC(C)C(C)S2)c(F)c1. The van der Waals surface area contributed by atoms with E-state index in [4.69, 9.17) is 5.73 Å². The van der Waals surface area contributed by atoms with Gasteiger partial charge in [0.05, 0.1) is 0 Å². The minimum absolute atomic E-state index is 0.151. The highest BCUT2D eigenvalue weighted by Gasteiger charge is 2.32. The molecule has 19 heavy (non-hydrogen) atoms. The van der Waals surface area contributed by atoms with Gasteiger partial charge in [-0.2, -0.15) is 23.5 Å². The highest BCUT2D eigenvalue weighted by atomic mass is 32.2. The predicted molar refractivity (Wildman–Crippen MR) is 85.6 cm³/mol. The second-order valence-electron chi connectivity index (χ2n) is 5.42. The molecule has 1 heterocycles. The van der Waals surface area contributed by atoms with Crippen LogP contribution in [0.3, 0.4) is 0 Å². The van der Waals surface area contributed by atoms with Crippen molar-refractivity contribution in [2.75, 3.05) is 5.75 Å².